The Labute approximate surface area is 92.7 Å². The van der Waals surface area contributed by atoms with Crippen LogP contribution in [0.4, 0.5) is 0 Å². The summed E-state index contributed by atoms with van der Waals surface area (Å²) in [5.74, 6) is 1.05. The first-order valence-corrected chi connectivity index (χ1v) is 5.17. The highest BCUT2D eigenvalue weighted by atomic mass is 16.4. The van der Waals surface area contributed by atoms with Crippen LogP contribution in [0.5, 0.6) is 0 Å². The summed E-state index contributed by atoms with van der Waals surface area (Å²) < 4.78 is 6.88. The highest BCUT2D eigenvalue weighted by molar-refractivity contribution is 5.08. The fraction of sp³-hybridized carbons (Fsp3) is 0.364. The molecular weight excluding hydrogens is 206 g/mol. The quantitative estimate of drug-likeness (QED) is 0.777. The molecule has 84 valence electrons. The Morgan fingerprint density at radius 1 is 1.38 bits per heavy atom. The van der Waals surface area contributed by atoms with E-state index < -0.39 is 0 Å². The maximum absolute atomic E-state index is 11.6. The lowest BCUT2D eigenvalue weighted by atomic mass is 10.3. The lowest BCUT2D eigenvalue weighted by Crippen LogP contribution is -2.19. The zero-order valence-electron chi connectivity index (χ0n) is 9.30. The monoisotopic (exact) mass is 219 g/mol. The second kappa shape index (κ2) is 4.30. The van der Waals surface area contributed by atoms with Gasteiger partial charge in [0.15, 0.2) is 0 Å². The predicted molar refractivity (Wildman–Crippen MR) is 58.2 cm³/mol. The van der Waals surface area contributed by atoms with Crippen molar-refractivity contribution in [3.05, 3.63) is 46.0 Å². The van der Waals surface area contributed by atoms with Gasteiger partial charge in [-0.2, -0.15) is 0 Å². The standard InChI is InChI=1S/C11H13N3O2/c1-3-9-12-13-10(16-9)7-14-5-4-8(2)6-11(14)15/h4-6H,3,7H2,1-2H3. The summed E-state index contributed by atoms with van der Waals surface area (Å²) in [7, 11) is 0. The molecule has 0 aliphatic carbocycles. The Morgan fingerprint density at radius 3 is 2.75 bits per heavy atom. The van der Waals surface area contributed by atoms with Crippen LogP contribution in [0.1, 0.15) is 24.3 Å². The normalized spacial score (nSPS) is 10.6. The average Bonchev–Trinajstić information content (AvgIpc) is 2.70. The third-order valence-corrected chi connectivity index (χ3v) is 2.27. The second-order valence-corrected chi connectivity index (χ2v) is 3.61. The maximum Gasteiger partial charge on any atom is 0.251 e. The molecule has 0 saturated heterocycles. The van der Waals surface area contributed by atoms with Crippen LogP contribution < -0.4 is 5.56 Å². The number of hydrogen-bond donors (Lipinski definition) is 0. The van der Waals surface area contributed by atoms with Crippen molar-refractivity contribution in [1.82, 2.24) is 14.8 Å². The topological polar surface area (TPSA) is 60.9 Å². The van der Waals surface area contributed by atoms with E-state index in [-0.39, 0.29) is 5.56 Å². The van der Waals surface area contributed by atoms with Gasteiger partial charge in [-0.05, 0) is 18.6 Å². The Bertz CT molecular complexity index is 542. The van der Waals surface area contributed by atoms with Gasteiger partial charge in [0.25, 0.3) is 5.56 Å². The van der Waals surface area contributed by atoms with Gasteiger partial charge in [-0.1, -0.05) is 6.92 Å². The van der Waals surface area contributed by atoms with Crippen LogP contribution in [0.2, 0.25) is 0 Å². The third kappa shape index (κ3) is 2.18. The van der Waals surface area contributed by atoms with Gasteiger partial charge in [0, 0.05) is 18.7 Å². The van der Waals surface area contributed by atoms with Crippen molar-refractivity contribution in [2.24, 2.45) is 0 Å². The van der Waals surface area contributed by atoms with Gasteiger partial charge >= 0.3 is 0 Å². The van der Waals surface area contributed by atoms with Crippen molar-refractivity contribution in [3.8, 4) is 0 Å². The molecule has 2 aromatic heterocycles. The Morgan fingerprint density at radius 2 is 2.12 bits per heavy atom. The molecule has 2 heterocycles. The fourth-order valence-electron chi connectivity index (χ4n) is 1.38. The number of hydrogen-bond acceptors (Lipinski definition) is 4. The summed E-state index contributed by atoms with van der Waals surface area (Å²) >= 11 is 0. The Kier molecular flexibility index (Phi) is 2.85. The van der Waals surface area contributed by atoms with E-state index in [0.717, 1.165) is 5.56 Å². The zero-order valence-corrected chi connectivity index (χ0v) is 9.30. The number of pyridine rings is 1. The minimum atomic E-state index is -0.0590. The summed E-state index contributed by atoms with van der Waals surface area (Å²) in [5, 5.41) is 7.72. The number of aryl methyl sites for hydroxylation is 2. The fourth-order valence-corrected chi connectivity index (χ4v) is 1.38. The molecule has 0 aliphatic rings. The van der Waals surface area contributed by atoms with E-state index in [9.17, 15) is 4.79 Å². The third-order valence-electron chi connectivity index (χ3n) is 2.27. The van der Waals surface area contributed by atoms with Crippen molar-refractivity contribution < 1.29 is 4.42 Å². The molecule has 2 aromatic rings. The van der Waals surface area contributed by atoms with Gasteiger partial charge in [-0.3, -0.25) is 4.79 Å². The van der Waals surface area contributed by atoms with Crippen molar-refractivity contribution in [2.75, 3.05) is 0 Å². The van der Waals surface area contributed by atoms with Crippen LogP contribution in [-0.2, 0) is 13.0 Å². The molecule has 0 unspecified atom stereocenters. The number of nitrogens with zero attached hydrogens (tertiary/aromatic N) is 3. The SMILES string of the molecule is CCc1nnc(Cn2ccc(C)cc2=O)o1. The van der Waals surface area contributed by atoms with E-state index >= 15 is 0 Å². The predicted octanol–water partition coefficient (Wildman–Crippen LogP) is 1.15. The Hall–Kier alpha value is -1.91. The molecule has 0 bridgehead atoms. The highest BCUT2D eigenvalue weighted by Crippen LogP contribution is 2.02. The molecular formula is C11H13N3O2. The van der Waals surface area contributed by atoms with Crippen molar-refractivity contribution in [1.29, 1.82) is 0 Å². The van der Waals surface area contributed by atoms with Gasteiger partial charge in [-0.25, -0.2) is 0 Å². The maximum atomic E-state index is 11.6. The lowest BCUT2D eigenvalue weighted by molar-refractivity contribution is 0.440. The second-order valence-electron chi connectivity index (χ2n) is 3.61. The largest absolute Gasteiger partial charge is 0.423 e. The molecule has 0 aliphatic heterocycles. The average molecular weight is 219 g/mol. The summed E-state index contributed by atoms with van der Waals surface area (Å²) in [4.78, 5) is 11.6. The lowest BCUT2D eigenvalue weighted by Gasteiger charge is -2.01. The molecule has 0 fully saturated rings. The molecule has 5 nitrogen and oxygen atoms in total. The van der Waals surface area contributed by atoms with E-state index in [1.807, 2.05) is 19.9 Å². The minimum Gasteiger partial charge on any atom is -0.423 e. The minimum absolute atomic E-state index is 0.0590. The number of aromatic nitrogens is 3. The molecule has 0 N–H and O–H groups in total. The molecule has 0 radical (unpaired) electrons. The first-order chi connectivity index (χ1) is 7.69. The first-order valence-electron chi connectivity index (χ1n) is 5.17. The van der Waals surface area contributed by atoms with Crippen molar-refractivity contribution in [2.45, 2.75) is 26.8 Å². The smallest absolute Gasteiger partial charge is 0.251 e. The van der Waals surface area contributed by atoms with Crippen molar-refractivity contribution in [3.63, 3.8) is 0 Å². The van der Waals surface area contributed by atoms with Crippen LogP contribution >= 0.6 is 0 Å². The van der Waals surface area contributed by atoms with Gasteiger partial charge in [-0.15, -0.1) is 10.2 Å². The molecule has 16 heavy (non-hydrogen) atoms. The molecule has 0 atom stereocenters. The molecule has 2 rings (SSSR count). The van der Waals surface area contributed by atoms with Crippen LogP contribution in [-0.4, -0.2) is 14.8 Å². The van der Waals surface area contributed by atoms with Crippen LogP contribution in [0, 0.1) is 6.92 Å². The van der Waals surface area contributed by atoms with E-state index in [0.29, 0.717) is 24.7 Å². The number of rotatable bonds is 3. The van der Waals surface area contributed by atoms with E-state index in [1.54, 1.807) is 16.8 Å². The molecule has 5 heteroatoms. The zero-order chi connectivity index (χ0) is 11.5. The van der Waals surface area contributed by atoms with E-state index in [4.69, 9.17) is 4.42 Å². The molecule has 0 spiro atoms. The van der Waals surface area contributed by atoms with Crippen molar-refractivity contribution >= 4 is 0 Å². The summed E-state index contributed by atoms with van der Waals surface area (Å²) in [5.41, 5.74) is 0.886. The van der Waals surface area contributed by atoms with Gasteiger partial charge in [0.1, 0.15) is 6.54 Å². The van der Waals surface area contributed by atoms with Crippen LogP contribution in [0.25, 0.3) is 0 Å². The van der Waals surface area contributed by atoms with E-state index in [1.165, 1.54) is 0 Å². The first kappa shape index (κ1) is 10.6. The molecule has 0 saturated carbocycles. The van der Waals surface area contributed by atoms with E-state index in [2.05, 4.69) is 10.2 Å². The van der Waals surface area contributed by atoms with Gasteiger partial charge in [0.05, 0.1) is 0 Å². The summed E-state index contributed by atoms with van der Waals surface area (Å²) in [6.07, 6.45) is 2.43. The molecule has 0 amide bonds. The summed E-state index contributed by atoms with van der Waals surface area (Å²) in [6, 6.07) is 3.45. The highest BCUT2D eigenvalue weighted by Gasteiger charge is 2.05. The van der Waals surface area contributed by atoms with Crippen LogP contribution in [0.15, 0.2) is 27.5 Å². The van der Waals surface area contributed by atoms with Crippen LogP contribution in [0.3, 0.4) is 0 Å². The van der Waals surface area contributed by atoms with Gasteiger partial charge < -0.3 is 8.98 Å². The van der Waals surface area contributed by atoms with Gasteiger partial charge in [0.2, 0.25) is 11.8 Å². The molecule has 0 aromatic carbocycles. The Balaban J connectivity index is 2.23. The summed E-state index contributed by atoms with van der Waals surface area (Å²) in [6.45, 7) is 4.15.